The molecule has 2 rings (SSSR count). The molecule has 0 spiro atoms. The molecule has 0 bridgehead atoms. The molecular weight excluding hydrogens is 300 g/mol. The first-order valence-corrected chi connectivity index (χ1v) is 8.65. The lowest BCUT2D eigenvalue weighted by Gasteiger charge is -1.98. The van der Waals surface area contributed by atoms with Crippen molar-refractivity contribution in [1.29, 1.82) is 0 Å². The number of nitrogen functional groups attached to an aromatic ring is 1. The highest BCUT2D eigenvalue weighted by Crippen LogP contribution is 2.17. The topological polar surface area (TPSA) is 69.2 Å². The van der Waals surface area contributed by atoms with E-state index in [-0.39, 0.29) is 10.6 Å². The van der Waals surface area contributed by atoms with Gasteiger partial charge >= 0.3 is 0 Å². The molecule has 0 fully saturated rings. The molecule has 0 aliphatic rings. The third-order valence-corrected chi connectivity index (χ3v) is 3.01. The van der Waals surface area contributed by atoms with Gasteiger partial charge in [0.15, 0.2) is 0 Å². The van der Waals surface area contributed by atoms with Crippen LogP contribution in [0.25, 0.3) is 0 Å². The lowest BCUT2D eigenvalue weighted by molar-refractivity contribution is -0.385. The molecule has 0 saturated heterocycles. The van der Waals surface area contributed by atoms with Crippen LogP contribution in [0.5, 0.6) is 0 Å². The minimum atomic E-state index is -0.348. The van der Waals surface area contributed by atoms with E-state index >= 15 is 0 Å². The van der Waals surface area contributed by atoms with E-state index in [1.165, 1.54) is 11.6 Å². The predicted molar refractivity (Wildman–Crippen MR) is 105 cm³/mol. The number of nitrogens with zero attached hydrogens (tertiary/aromatic N) is 1. The van der Waals surface area contributed by atoms with E-state index in [4.69, 9.17) is 5.73 Å². The van der Waals surface area contributed by atoms with E-state index in [9.17, 15) is 10.1 Å². The molecule has 134 valence electrons. The number of nitro benzene ring substituents is 1. The summed E-state index contributed by atoms with van der Waals surface area (Å²) in [5.41, 5.74) is 8.77. The van der Waals surface area contributed by atoms with Crippen LogP contribution in [0.1, 0.15) is 52.7 Å². The predicted octanol–water partition coefficient (Wildman–Crippen LogP) is 6.04. The molecule has 0 saturated carbocycles. The minimum absolute atomic E-state index is 0.218. The molecule has 4 heteroatoms. The Morgan fingerprint density at radius 1 is 0.833 bits per heavy atom. The van der Waals surface area contributed by atoms with E-state index in [2.05, 4.69) is 13.0 Å². The van der Waals surface area contributed by atoms with Gasteiger partial charge in [-0.25, -0.2) is 0 Å². The molecule has 0 aliphatic carbocycles. The molecule has 0 aliphatic heterocycles. The van der Waals surface area contributed by atoms with Crippen molar-refractivity contribution in [2.45, 2.75) is 54.4 Å². The Balaban J connectivity index is 0. The molecule has 2 aromatic rings. The monoisotopic (exact) mass is 332 g/mol. The molecule has 0 atom stereocenters. The van der Waals surface area contributed by atoms with Crippen molar-refractivity contribution in [3.63, 3.8) is 0 Å². The Labute approximate surface area is 146 Å². The maximum Gasteiger partial charge on any atom is 0.272 e. The van der Waals surface area contributed by atoms with Gasteiger partial charge in [-0.1, -0.05) is 77.9 Å². The second-order valence-corrected chi connectivity index (χ2v) is 4.29. The number of anilines is 1. The van der Waals surface area contributed by atoms with E-state index in [0.29, 0.717) is 6.42 Å². The van der Waals surface area contributed by atoms with Gasteiger partial charge in [0.1, 0.15) is 0 Å². The standard InChI is InChI=1S/C8H9NO2.C8H11N.2C2H6/c1-2-7-5-3-4-6-8(7)9(10)11;1-2-7-5-3-4-6-8(7)9;2*1-2/h3-6H,2H2,1H3;3-6H,2,9H2,1H3;2*1-2H3. The molecular formula is C20H32N2O2. The number of para-hydroxylation sites is 2. The second-order valence-electron chi connectivity index (χ2n) is 4.29. The van der Waals surface area contributed by atoms with Crippen molar-refractivity contribution < 1.29 is 4.92 Å². The van der Waals surface area contributed by atoms with Gasteiger partial charge in [0.05, 0.1) is 4.92 Å². The normalized spacial score (nSPS) is 8.42. The average molecular weight is 332 g/mol. The first-order valence-electron chi connectivity index (χ1n) is 8.65. The number of rotatable bonds is 3. The van der Waals surface area contributed by atoms with Crippen LogP contribution in [0.4, 0.5) is 11.4 Å². The van der Waals surface area contributed by atoms with Crippen molar-refractivity contribution in [3.8, 4) is 0 Å². The Morgan fingerprint density at radius 3 is 1.58 bits per heavy atom. The summed E-state index contributed by atoms with van der Waals surface area (Å²) in [6.45, 7) is 12.0. The molecule has 24 heavy (non-hydrogen) atoms. The van der Waals surface area contributed by atoms with E-state index < -0.39 is 0 Å². The van der Waals surface area contributed by atoms with Gasteiger partial charge in [-0.05, 0) is 24.5 Å². The van der Waals surface area contributed by atoms with Crippen molar-refractivity contribution in [2.24, 2.45) is 0 Å². The van der Waals surface area contributed by atoms with Gasteiger partial charge in [0.2, 0.25) is 0 Å². The van der Waals surface area contributed by atoms with Crippen molar-refractivity contribution in [2.75, 3.05) is 5.73 Å². The molecule has 0 amide bonds. The van der Waals surface area contributed by atoms with E-state index in [0.717, 1.165) is 17.7 Å². The maximum atomic E-state index is 10.4. The average Bonchev–Trinajstić information content (AvgIpc) is 2.66. The Bertz CT molecular complexity index is 569. The highest BCUT2D eigenvalue weighted by Gasteiger charge is 2.08. The summed E-state index contributed by atoms with van der Waals surface area (Å²) in [6.07, 6.45) is 1.73. The van der Waals surface area contributed by atoms with Crippen LogP contribution in [-0.4, -0.2) is 4.92 Å². The fourth-order valence-corrected chi connectivity index (χ4v) is 1.84. The largest absolute Gasteiger partial charge is 0.399 e. The zero-order valence-electron chi connectivity index (χ0n) is 15.9. The number of benzene rings is 2. The fourth-order valence-electron chi connectivity index (χ4n) is 1.84. The summed E-state index contributed by atoms with van der Waals surface area (Å²) in [6, 6.07) is 14.7. The molecule has 0 radical (unpaired) electrons. The van der Waals surface area contributed by atoms with Crippen LogP contribution in [-0.2, 0) is 12.8 Å². The molecule has 2 aromatic carbocycles. The first-order chi connectivity index (χ1) is 11.6. The van der Waals surface area contributed by atoms with Gasteiger partial charge in [-0.3, -0.25) is 10.1 Å². The van der Waals surface area contributed by atoms with Crippen molar-refractivity contribution >= 4 is 11.4 Å². The second kappa shape index (κ2) is 15.5. The summed E-state index contributed by atoms with van der Waals surface area (Å²) < 4.78 is 0. The summed E-state index contributed by atoms with van der Waals surface area (Å²) in [7, 11) is 0. The number of hydrogen-bond donors (Lipinski definition) is 1. The first kappa shape index (κ1) is 23.9. The van der Waals surface area contributed by atoms with E-state index in [1.807, 2.05) is 58.9 Å². The van der Waals surface area contributed by atoms with Crippen LogP contribution in [0.3, 0.4) is 0 Å². The minimum Gasteiger partial charge on any atom is -0.399 e. The van der Waals surface area contributed by atoms with Gasteiger partial charge in [0.25, 0.3) is 5.69 Å². The summed E-state index contributed by atoms with van der Waals surface area (Å²) >= 11 is 0. The van der Waals surface area contributed by atoms with Gasteiger partial charge in [-0.2, -0.15) is 0 Å². The Hall–Kier alpha value is -2.36. The van der Waals surface area contributed by atoms with Gasteiger partial charge in [0, 0.05) is 17.3 Å². The molecule has 4 nitrogen and oxygen atoms in total. The maximum absolute atomic E-state index is 10.4. The van der Waals surface area contributed by atoms with Crippen LogP contribution >= 0.6 is 0 Å². The number of nitrogens with two attached hydrogens (primary N) is 1. The third-order valence-electron chi connectivity index (χ3n) is 3.01. The quantitative estimate of drug-likeness (QED) is 0.423. The molecule has 0 unspecified atom stereocenters. The van der Waals surface area contributed by atoms with Crippen LogP contribution < -0.4 is 5.73 Å². The smallest absolute Gasteiger partial charge is 0.272 e. The summed E-state index contributed by atoms with van der Waals surface area (Å²) in [5.74, 6) is 0. The van der Waals surface area contributed by atoms with E-state index in [1.54, 1.807) is 12.1 Å². The third kappa shape index (κ3) is 8.93. The van der Waals surface area contributed by atoms with Crippen LogP contribution in [0.2, 0.25) is 0 Å². The molecule has 0 heterocycles. The number of aryl methyl sites for hydroxylation is 2. The van der Waals surface area contributed by atoms with Crippen LogP contribution in [0, 0.1) is 10.1 Å². The lowest BCUT2D eigenvalue weighted by atomic mass is 10.1. The van der Waals surface area contributed by atoms with Gasteiger partial charge in [-0.15, -0.1) is 0 Å². The molecule has 0 aromatic heterocycles. The zero-order valence-corrected chi connectivity index (χ0v) is 15.9. The summed E-state index contributed by atoms with van der Waals surface area (Å²) in [5, 5.41) is 10.4. The number of hydrogen-bond acceptors (Lipinski definition) is 3. The lowest BCUT2D eigenvalue weighted by Crippen LogP contribution is -1.92. The fraction of sp³-hybridized carbons (Fsp3) is 0.400. The SMILES string of the molecule is CC.CC.CCc1ccccc1N.CCc1ccccc1[N+](=O)[O-]. The Kier molecular flexibility index (Phi) is 15.5. The van der Waals surface area contributed by atoms with Gasteiger partial charge < -0.3 is 5.73 Å². The highest BCUT2D eigenvalue weighted by atomic mass is 16.6. The highest BCUT2D eigenvalue weighted by molar-refractivity contribution is 5.46. The molecule has 2 N–H and O–H groups in total. The van der Waals surface area contributed by atoms with Crippen molar-refractivity contribution in [3.05, 3.63) is 69.8 Å². The van der Waals surface area contributed by atoms with Crippen LogP contribution in [0.15, 0.2) is 48.5 Å². The zero-order chi connectivity index (χ0) is 19.0. The Morgan fingerprint density at radius 2 is 1.25 bits per heavy atom. The summed E-state index contributed by atoms with van der Waals surface area (Å²) in [4.78, 5) is 10.0. The van der Waals surface area contributed by atoms with Crippen molar-refractivity contribution in [1.82, 2.24) is 0 Å². The number of nitro groups is 1.